The number of aromatic nitrogens is 3. The normalized spacial score (nSPS) is 10.2. The molecule has 31 heavy (non-hydrogen) atoms. The fourth-order valence-corrected chi connectivity index (χ4v) is 3.32. The van der Waals surface area contributed by atoms with Crippen LogP contribution in [-0.4, -0.2) is 21.7 Å². The largest absolute Gasteiger partial charge is 0.385 e. The molecule has 4 aromatic rings. The van der Waals surface area contributed by atoms with Crippen LogP contribution in [0.3, 0.4) is 0 Å². The quantitative estimate of drug-likeness (QED) is 0.334. The van der Waals surface area contributed by atoms with Crippen molar-refractivity contribution in [2.75, 3.05) is 6.54 Å². The van der Waals surface area contributed by atoms with Crippen molar-refractivity contribution >= 4 is 5.70 Å². The molecule has 2 heterocycles. The third-order valence-corrected chi connectivity index (χ3v) is 4.99. The molecule has 4 rings (SSSR count). The lowest BCUT2D eigenvalue weighted by atomic mass is 9.97. The van der Waals surface area contributed by atoms with Gasteiger partial charge in [0.1, 0.15) is 0 Å². The molecule has 2 N–H and O–H groups in total. The van der Waals surface area contributed by atoms with E-state index in [9.17, 15) is 0 Å². The van der Waals surface area contributed by atoms with Gasteiger partial charge >= 0.3 is 0 Å². The van der Waals surface area contributed by atoms with E-state index in [0.717, 1.165) is 52.9 Å². The first-order valence-electron chi connectivity index (χ1n) is 10.3. The molecule has 0 amide bonds. The predicted molar refractivity (Wildman–Crippen MR) is 126 cm³/mol. The van der Waals surface area contributed by atoms with Crippen LogP contribution in [0.2, 0.25) is 0 Å². The van der Waals surface area contributed by atoms with Crippen LogP contribution in [0.15, 0.2) is 92.0 Å². The smallest absolute Gasteiger partial charge is 0.0519 e. The Bertz CT molecular complexity index is 1180. The molecule has 0 unspecified atom stereocenters. The van der Waals surface area contributed by atoms with E-state index >= 15 is 0 Å². The van der Waals surface area contributed by atoms with Gasteiger partial charge in [-0.25, -0.2) is 0 Å². The minimum absolute atomic E-state index is 0.847. The zero-order valence-electron chi connectivity index (χ0n) is 17.3. The Morgan fingerprint density at radius 3 is 2.68 bits per heavy atom. The molecule has 0 aliphatic heterocycles. The fourth-order valence-electron chi connectivity index (χ4n) is 3.32. The maximum atomic E-state index is 4.26. The lowest BCUT2D eigenvalue weighted by Crippen LogP contribution is -2.13. The highest BCUT2D eigenvalue weighted by molar-refractivity contribution is 5.75. The van der Waals surface area contributed by atoms with Crippen LogP contribution >= 0.6 is 0 Å². The molecule has 4 heteroatoms. The molecular formula is C27H24N4. The van der Waals surface area contributed by atoms with Crippen molar-refractivity contribution in [1.82, 2.24) is 20.5 Å². The van der Waals surface area contributed by atoms with E-state index in [0.29, 0.717) is 0 Å². The molecule has 4 nitrogen and oxygen atoms in total. The zero-order chi connectivity index (χ0) is 21.3. The average molecular weight is 405 g/mol. The number of hydrogen-bond acceptors (Lipinski definition) is 3. The van der Waals surface area contributed by atoms with Crippen molar-refractivity contribution < 1.29 is 0 Å². The van der Waals surface area contributed by atoms with Crippen LogP contribution in [0.4, 0.5) is 0 Å². The molecule has 0 saturated heterocycles. The topological polar surface area (TPSA) is 53.6 Å². The minimum atomic E-state index is 0.847. The summed E-state index contributed by atoms with van der Waals surface area (Å²) in [5.41, 5.74) is 7.20. The first kappa shape index (κ1) is 20.2. The van der Waals surface area contributed by atoms with Crippen molar-refractivity contribution in [1.29, 1.82) is 0 Å². The predicted octanol–water partition coefficient (Wildman–Crippen LogP) is 5.06. The molecule has 152 valence electrons. The number of nitrogens with zero attached hydrogens (tertiary/aromatic N) is 2. The lowest BCUT2D eigenvalue weighted by molar-refractivity contribution is 0.763. The summed E-state index contributed by atoms with van der Waals surface area (Å²) < 4.78 is 0. The Morgan fingerprint density at radius 2 is 1.90 bits per heavy atom. The first-order chi connectivity index (χ1) is 15.3. The van der Waals surface area contributed by atoms with Gasteiger partial charge in [-0.1, -0.05) is 54.8 Å². The van der Waals surface area contributed by atoms with E-state index in [-0.39, 0.29) is 0 Å². The van der Waals surface area contributed by atoms with Crippen LogP contribution in [-0.2, 0) is 6.42 Å². The second kappa shape index (κ2) is 10.1. The third kappa shape index (κ3) is 5.49. The molecule has 0 saturated carbocycles. The zero-order valence-corrected chi connectivity index (χ0v) is 17.3. The van der Waals surface area contributed by atoms with E-state index in [1.165, 1.54) is 5.56 Å². The minimum Gasteiger partial charge on any atom is -0.385 e. The monoisotopic (exact) mass is 404 g/mol. The van der Waals surface area contributed by atoms with Gasteiger partial charge in [-0.2, -0.15) is 5.10 Å². The van der Waals surface area contributed by atoms with E-state index in [4.69, 9.17) is 0 Å². The number of aromatic amines is 1. The van der Waals surface area contributed by atoms with Crippen molar-refractivity contribution in [3.05, 3.63) is 114 Å². The molecule has 0 atom stereocenters. The summed E-state index contributed by atoms with van der Waals surface area (Å²) in [5, 5.41) is 10.3. The Hall–Kier alpha value is -4.10. The van der Waals surface area contributed by atoms with Crippen molar-refractivity contribution in [3.8, 4) is 23.0 Å². The second-order valence-electron chi connectivity index (χ2n) is 7.23. The van der Waals surface area contributed by atoms with Crippen LogP contribution in [0.1, 0.15) is 28.7 Å². The van der Waals surface area contributed by atoms with Gasteiger partial charge in [-0.05, 0) is 53.8 Å². The molecule has 0 fully saturated rings. The van der Waals surface area contributed by atoms with Gasteiger partial charge in [0, 0.05) is 47.5 Å². The molecule has 0 aliphatic carbocycles. The number of aryl methyl sites for hydroxylation is 1. The maximum absolute atomic E-state index is 4.26. The van der Waals surface area contributed by atoms with Gasteiger partial charge in [-0.3, -0.25) is 10.1 Å². The van der Waals surface area contributed by atoms with E-state index in [1.54, 1.807) is 6.20 Å². The molecular weight excluding hydrogens is 380 g/mol. The number of H-pyrrole nitrogens is 1. The summed E-state index contributed by atoms with van der Waals surface area (Å²) in [6.07, 6.45) is 9.43. The van der Waals surface area contributed by atoms with Gasteiger partial charge in [0.15, 0.2) is 0 Å². The van der Waals surface area contributed by atoms with Gasteiger partial charge in [0.05, 0.1) is 6.20 Å². The Balaban J connectivity index is 1.53. The molecule has 2 aromatic heterocycles. The van der Waals surface area contributed by atoms with Gasteiger partial charge in [-0.15, -0.1) is 0 Å². The van der Waals surface area contributed by atoms with E-state index in [2.05, 4.69) is 63.2 Å². The number of hydrogen-bond donors (Lipinski definition) is 2. The SMILES string of the molecule is C=C(NCCCc1cn[nH]c1)c1ccc(-c2cccnc2)c(C#Cc2ccccc2)c1. The van der Waals surface area contributed by atoms with Gasteiger partial charge in [0.2, 0.25) is 0 Å². The molecule has 0 aliphatic rings. The Labute approximate surface area is 183 Å². The van der Waals surface area contributed by atoms with E-state index in [1.807, 2.05) is 55.0 Å². The second-order valence-corrected chi connectivity index (χ2v) is 7.23. The molecule has 2 aromatic carbocycles. The number of pyridine rings is 1. The third-order valence-electron chi connectivity index (χ3n) is 4.99. The van der Waals surface area contributed by atoms with Crippen LogP contribution in [0, 0.1) is 11.8 Å². The fraction of sp³-hybridized carbons (Fsp3) is 0.111. The van der Waals surface area contributed by atoms with Crippen LogP contribution in [0.25, 0.3) is 16.8 Å². The molecule has 0 radical (unpaired) electrons. The molecule has 0 spiro atoms. The summed E-state index contributed by atoms with van der Waals surface area (Å²) in [7, 11) is 0. The summed E-state index contributed by atoms with van der Waals surface area (Å²) >= 11 is 0. The van der Waals surface area contributed by atoms with Crippen LogP contribution in [0.5, 0.6) is 0 Å². The highest BCUT2D eigenvalue weighted by Gasteiger charge is 2.07. The highest BCUT2D eigenvalue weighted by atomic mass is 15.1. The average Bonchev–Trinajstić information content (AvgIpc) is 3.35. The summed E-state index contributed by atoms with van der Waals surface area (Å²) in [6.45, 7) is 5.08. The van der Waals surface area contributed by atoms with Gasteiger partial charge < -0.3 is 5.32 Å². The molecule has 0 bridgehead atoms. The first-order valence-corrected chi connectivity index (χ1v) is 10.3. The number of benzene rings is 2. The maximum Gasteiger partial charge on any atom is 0.0519 e. The van der Waals surface area contributed by atoms with Crippen LogP contribution < -0.4 is 5.32 Å². The summed E-state index contributed by atoms with van der Waals surface area (Å²) in [6, 6.07) is 20.3. The van der Waals surface area contributed by atoms with Crippen molar-refractivity contribution in [2.24, 2.45) is 0 Å². The standard InChI is InChI=1S/C27H24N4/c1-21(29-16-5-9-23-18-30-31-19-23)24-13-14-27(26-10-6-15-28-20-26)25(17-24)12-11-22-7-3-2-4-8-22/h2-4,6-8,10,13-15,17-20,29H,1,5,9,16H2,(H,30,31). The summed E-state index contributed by atoms with van der Waals surface area (Å²) in [4.78, 5) is 4.26. The number of rotatable bonds is 7. The Kier molecular flexibility index (Phi) is 6.57. The summed E-state index contributed by atoms with van der Waals surface area (Å²) in [5.74, 6) is 6.63. The Morgan fingerprint density at radius 1 is 1.00 bits per heavy atom. The van der Waals surface area contributed by atoms with E-state index < -0.39 is 0 Å². The van der Waals surface area contributed by atoms with Gasteiger partial charge in [0.25, 0.3) is 0 Å². The van der Waals surface area contributed by atoms with Crippen molar-refractivity contribution in [2.45, 2.75) is 12.8 Å². The lowest BCUT2D eigenvalue weighted by Gasteiger charge is -2.12. The van der Waals surface area contributed by atoms with Crippen molar-refractivity contribution in [3.63, 3.8) is 0 Å². The number of nitrogens with one attached hydrogen (secondary N) is 2. The highest BCUT2D eigenvalue weighted by Crippen LogP contribution is 2.25.